The monoisotopic (exact) mass is 631 g/mol. The lowest BCUT2D eigenvalue weighted by Gasteiger charge is -2.53. The number of aliphatic carboxylic acids is 1. The third-order valence-corrected chi connectivity index (χ3v) is 11.0. The molecule has 1 aliphatic heterocycles. The van der Waals surface area contributed by atoms with Crippen LogP contribution in [-0.2, 0) is 19.4 Å². The van der Waals surface area contributed by atoms with Crippen LogP contribution in [-0.4, -0.2) is 42.1 Å². The fourth-order valence-electron chi connectivity index (χ4n) is 6.45. The van der Waals surface area contributed by atoms with Gasteiger partial charge in [-0.3, -0.25) is 9.59 Å². The Hall–Kier alpha value is -2.94. The molecule has 1 amide bonds. The third-order valence-electron chi connectivity index (χ3n) is 8.72. The molecule has 1 aliphatic carbocycles. The first kappa shape index (κ1) is 30.5. The van der Waals surface area contributed by atoms with Gasteiger partial charge in [-0.15, -0.1) is 0 Å². The summed E-state index contributed by atoms with van der Waals surface area (Å²) in [6.45, 7) is 1.79. The predicted molar refractivity (Wildman–Crippen MR) is 160 cm³/mol. The van der Waals surface area contributed by atoms with Gasteiger partial charge in [0.1, 0.15) is 10.7 Å². The first-order valence-corrected chi connectivity index (χ1v) is 16.4. The highest BCUT2D eigenvalue weighted by Gasteiger charge is 2.56. The summed E-state index contributed by atoms with van der Waals surface area (Å²) in [4.78, 5) is 28.1. The minimum Gasteiger partial charge on any atom is -0.481 e. The molecule has 0 aromatic heterocycles. The van der Waals surface area contributed by atoms with E-state index in [-0.39, 0.29) is 18.8 Å². The van der Waals surface area contributed by atoms with Crippen molar-refractivity contribution in [2.24, 2.45) is 11.3 Å². The lowest BCUT2D eigenvalue weighted by Crippen LogP contribution is -2.58. The Morgan fingerprint density at radius 3 is 2.31 bits per heavy atom. The maximum Gasteiger partial charge on any atom is 0.304 e. The summed E-state index contributed by atoms with van der Waals surface area (Å²) in [5, 5.41) is 11.0. The first-order chi connectivity index (χ1) is 20.0. The quantitative estimate of drug-likeness (QED) is 0.253. The van der Waals surface area contributed by atoms with Gasteiger partial charge in [-0.25, -0.2) is 12.8 Å². The number of rotatable bonds is 10. The maximum absolute atomic E-state index is 14.7. The standard InChI is InChI=1S/C32H32Cl2FNO5S/c1-2-32(18-29(37)38)17-25(22-6-5-7-24(34)16-22)30(21-12-14-23(33)15-13-21)36(31(32)39)27(20-10-11-20)19-42(40,41)28-9-4-3-8-26(28)35/h3-9,12-16,20,25,27,30H,2,10-11,17-19H2,1H3,(H,37,38)/t25-,27?,30-,32-/m1/s1. The minimum absolute atomic E-state index is 0.136. The van der Waals surface area contributed by atoms with Gasteiger partial charge in [-0.1, -0.05) is 66.5 Å². The number of piperidine rings is 1. The number of hydrogen-bond donors (Lipinski definition) is 1. The van der Waals surface area contributed by atoms with E-state index in [0.717, 1.165) is 17.2 Å². The van der Waals surface area contributed by atoms with Crippen LogP contribution >= 0.6 is 23.2 Å². The molecular formula is C32H32Cl2FNO5S. The smallest absolute Gasteiger partial charge is 0.304 e. The zero-order valence-electron chi connectivity index (χ0n) is 23.0. The van der Waals surface area contributed by atoms with Crippen LogP contribution in [0.15, 0.2) is 77.7 Å². The second-order valence-electron chi connectivity index (χ2n) is 11.4. The van der Waals surface area contributed by atoms with Crippen molar-refractivity contribution >= 4 is 44.9 Å². The molecule has 1 saturated heterocycles. The number of amides is 1. The maximum atomic E-state index is 14.7. The van der Waals surface area contributed by atoms with E-state index in [2.05, 4.69) is 0 Å². The van der Waals surface area contributed by atoms with E-state index >= 15 is 0 Å². The largest absolute Gasteiger partial charge is 0.481 e. The highest BCUT2D eigenvalue weighted by atomic mass is 35.5. The Bertz CT molecular complexity index is 1590. The average molecular weight is 633 g/mol. The molecule has 5 rings (SSSR count). The van der Waals surface area contributed by atoms with Gasteiger partial charge in [-0.05, 0) is 79.1 Å². The van der Waals surface area contributed by atoms with Crippen LogP contribution < -0.4 is 0 Å². The van der Waals surface area contributed by atoms with Crippen molar-refractivity contribution in [3.8, 4) is 0 Å². The van der Waals surface area contributed by atoms with Gasteiger partial charge in [0.25, 0.3) is 0 Å². The van der Waals surface area contributed by atoms with Crippen LogP contribution in [0.2, 0.25) is 10.0 Å². The molecule has 222 valence electrons. The number of carbonyl (C=O) groups is 2. The summed E-state index contributed by atoms with van der Waals surface area (Å²) in [5.41, 5.74) is 0.276. The Balaban J connectivity index is 1.72. The van der Waals surface area contributed by atoms with E-state index in [1.165, 1.54) is 18.2 Å². The van der Waals surface area contributed by atoms with Crippen LogP contribution in [0.1, 0.15) is 62.1 Å². The van der Waals surface area contributed by atoms with E-state index in [9.17, 15) is 27.5 Å². The fourth-order valence-corrected chi connectivity index (χ4v) is 8.49. The number of carboxylic acids is 1. The summed E-state index contributed by atoms with van der Waals surface area (Å²) in [5.74, 6) is -3.38. The van der Waals surface area contributed by atoms with Gasteiger partial charge in [-0.2, -0.15) is 0 Å². The van der Waals surface area contributed by atoms with Crippen LogP contribution in [0.3, 0.4) is 0 Å². The molecule has 1 unspecified atom stereocenters. The van der Waals surface area contributed by atoms with Crippen LogP contribution in [0.4, 0.5) is 4.39 Å². The van der Waals surface area contributed by atoms with Gasteiger partial charge in [0.15, 0.2) is 9.84 Å². The van der Waals surface area contributed by atoms with Gasteiger partial charge < -0.3 is 10.0 Å². The Morgan fingerprint density at radius 2 is 1.71 bits per heavy atom. The molecule has 0 spiro atoms. The normalized spacial score (nSPS) is 23.5. The summed E-state index contributed by atoms with van der Waals surface area (Å²) in [7, 11) is -4.16. The number of halogens is 3. The van der Waals surface area contributed by atoms with E-state index in [1.54, 1.807) is 30.0 Å². The van der Waals surface area contributed by atoms with E-state index < -0.39 is 68.0 Å². The average Bonchev–Trinajstić information content (AvgIpc) is 3.79. The molecule has 0 radical (unpaired) electrons. The number of carboxylic acid groups (broad SMARTS) is 1. The van der Waals surface area contributed by atoms with Crippen molar-refractivity contribution in [1.82, 2.24) is 4.90 Å². The summed E-state index contributed by atoms with van der Waals surface area (Å²) in [6, 6.07) is 18.1. The second kappa shape index (κ2) is 12.0. The van der Waals surface area contributed by atoms with E-state index in [4.69, 9.17) is 23.2 Å². The van der Waals surface area contributed by atoms with Crippen molar-refractivity contribution in [2.45, 2.75) is 61.9 Å². The van der Waals surface area contributed by atoms with Gasteiger partial charge >= 0.3 is 5.97 Å². The second-order valence-corrected chi connectivity index (χ2v) is 14.3. The number of benzene rings is 3. The predicted octanol–water partition coefficient (Wildman–Crippen LogP) is 7.31. The number of likely N-dealkylation sites (tertiary alicyclic amines) is 1. The molecule has 4 atom stereocenters. The van der Waals surface area contributed by atoms with E-state index in [0.29, 0.717) is 22.9 Å². The molecule has 6 nitrogen and oxygen atoms in total. The van der Waals surface area contributed by atoms with Crippen LogP contribution in [0.25, 0.3) is 0 Å². The van der Waals surface area contributed by atoms with E-state index in [1.807, 2.05) is 30.3 Å². The first-order valence-electron chi connectivity index (χ1n) is 14.0. The zero-order valence-corrected chi connectivity index (χ0v) is 25.4. The van der Waals surface area contributed by atoms with Crippen LogP contribution in [0, 0.1) is 17.2 Å². The molecule has 1 heterocycles. The molecule has 1 saturated carbocycles. The number of hydrogen-bond acceptors (Lipinski definition) is 4. The molecule has 42 heavy (non-hydrogen) atoms. The topological polar surface area (TPSA) is 91.8 Å². The molecule has 2 aliphatic rings. The van der Waals surface area contributed by atoms with Crippen molar-refractivity contribution in [3.05, 3.63) is 99.8 Å². The third kappa shape index (κ3) is 6.08. The Kier molecular flexibility index (Phi) is 8.70. The molecule has 1 N–H and O–H groups in total. The molecule has 0 bridgehead atoms. The molecule has 10 heteroatoms. The SMILES string of the molecule is CC[C@]1(CC(=O)O)C[C@H](c2cccc(Cl)c2)[C@@H](c2ccc(Cl)cc2)N(C(CS(=O)(=O)c2ccccc2F)C2CC2)C1=O. The molecule has 3 aromatic rings. The minimum atomic E-state index is -4.16. The highest BCUT2D eigenvalue weighted by molar-refractivity contribution is 7.91. The lowest BCUT2D eigenvalue weighted by molar-refractivity contribution is -0.162. The van der Waals surface area contributed by atoms with Gasteiger partial charge in [0, 0.05) is 22.0 Å². The molecular weight excluding hydrogens is 600 g/mol. The number of sulfone groups is 1. The Labute approximate surface area is 255 Å². The zero-order chi connectivity index (χ0) is 30.2. The van der Waals surface area contributed by atoms with Crippen molar-refractivity contribution in [2.75, 3.05) is 5.75 Å². The summed E-state index contributed by atoms with van der Waals surface area (Å²) < 4.78 is 42.2. The molecule has 3 aromatic carbocycles. The highest BCUT2D eigenvalue weighted by Crippen LogP contribution is 2.55. The lowest BCUT2D eigenvalue weighted by atomic mass is 9.65. The number of carbonyl (C=O) groups excluding carboxylic acids is 1. The molecule has 2 fully saturated rings. The van der Waals surface area contributed by atoms with Crippen molar-refractivity contribution < 1.29 is 27.5 Å². The van der Waals surface area contributed by atoms with Crippen molar-refractivity contribution in [3.63, 3.8) is 0 Å². The Morgan fingerprint density at radius 1 is 1.02 bits per heavy atom. The fraction of sp³-hybridized carbons (Fsp3) is 0.375. The summed E-state index contributed by atoms with van der Waals surface area (Å²) in [6.07, 6.45) is 1.48. The van der Waals surface area contributed by atoms with Gasteiger partial charge in [0.2, 0.25) is 5.91 Å². The van der Waals surface area contributed by atoms with Crippen LogP contribution in [0.5, 0.6) is 0 Å². The van der Waals surface area contributed by atoms with Crippen molar-refractivity contribution in [1.29, 1.82) is 0 Å². The summed E-state index contributed by atoms with van der Waals surface area (Å²) >= 11 is 12.6. The number of nitrogens with zero attached hydrogens (tertiary/aromatic N) is 1. The van der Waals surface area contributed by atoms with Gasteiger partial charge in [0.05, 0.1) is 23.6 Å².